The molecule has 0 unspecified atom stereocenters. The van der Waals surface area contributed by atoms with Crippen LogP contribution in [0.3, 0.4) is 0 Å². The van der Waals surface area contributed by atoms with E-state index in [2.05, 4.69) is 34.9 Å². The van der Waals surface area contributed by atoms with Gasteiger partial charge in [-0.3, -0.25) is 4.98 Å². The number of aromatic nitrogens is 1. The van der Waals surface area contributed by atoms with Crippen LogP contribution in [0.15, 0.2) is 29.2 Å². The van der Waals surface area contributed by atoms with Gasteiger partial charge in [0.2, 0.25) is 0 Å². The molecule has 2 heterocycles. The molecule has 0 bridgehead atoms. The SMILES string of the molecule is Cc1ccncc1CNCc1cscc1C. The number of rotatable bonds is 4. The summed E-state index contributed by atoms with van der Waals surface area (Å²) >= 11 is 1.76. The van der Waals surface area contributed by atoms with Crippen LogP contribution in [0.1, 0.15) is 22.3 Å². The van der Waals surface area contributed by atoms with E-state index in [0.717, 1.165) is 13.1 Å². The monoisotopic (exact) mass is 232 g/mol. The Balaban J connectivity index is 1.89. The van der Waals surface area contributed by atoms with Crippen LogP contribution in [0.4, 0.5) is 0 Å². The molecule has 16 heavy (non-hydrogen) atoms. The summed E-state index contributed by atoms with van der Waals surface area (Å²) in [5, 5.41) is 7.85. The fourth-order valence-corrected chi connectivity index (χ4v) is 2.44. The minimum atomic E-state index is 0.884. The maximum atomic E-state index is 4.14. The Kier molecular flexibility index (Phi) is 3.70. The first kappa shape index (κ1) is 11.3. The Morgan fingerprint density at radius 1 is 1.12 bits per heavy atom. The molecule has 0 radical (unpaired) electrons. The Morgan fingerprint density at radius 3 is 2.62 bits per heavy atom. The van der Waals surface area contributed by atoms with Crippen molar-refractivity contribution in [2.24, 2.45) is 0 Å². The molecule has 0 saturated heterocycles. The first-order chi connectivity index (χ1) is 7.77. The lowest BCUT2D eigenvalue weighted by molar-refractivity contribution is 0.687. The van der Waals surface area contributed by atoms with Crippen molar-refractivity contribution in [2.75, 3.05) is 0 Å². The summed E-state index contributed by atoms with van der Waals surface area (Å²) < 4.78 is 0. The van der Waals surface area contributed by atoms with Crippen molar-refractivity contribution in [3.05, 3.63) is 51.5 Å². The first-order valence-electron chi connectivity index (χ1n) is 5.39. The molecule has 0 aromatic carbocycles. The summed E-state index contributed by atoms with van der Waals surface area (Å²) in [5.41, 5.74) is 5.34. The van der Waals surface area contributed by atoms with Crippen LogP contribution in [0.5, 0.6) is 0 Å². The van der Waals surface area contributed by atoms with Gasteiger partial charge in [0.05, 0.1) is 0 Å². The van der Waals surface area contributed by atoms with Gasteiger partial charge in [0, 0.05) is 25.5 Å². The average Bonchev–Trinajstić information content (AvgIpc) is 2.67. The van der Waals surface area contributed by atoms with E-state index in [0.29, 0.717) is 0 Å². The number of thiophene rings is 1. The molecule has 2 nitrogen and oxygen atoms in total. The van der Waals surface area contributed by atoms with Crippen LogP contribution < -0.4 is 5.32 Å². The second kappa shape index (κ2) is 5.23. The highest BCUT2D eigenvalue weighted by molar-refractivity contribution is 7.08. The zero-order valence-corrected chi connectivity index (χ0v) is 10.5. The number of pyridine rings is 1. The largest absolute Gasteiger partial charge is 0.309 e. The topological polar surface area (TPSA) is 24.9 Å². The third-order valence-electron chi connectivity index (χ3n) is 2.74. The number of nitrogens with one attached hydrogen (secondary N) is 1. The highest BCUT2D eigenvalue weighted by Crippen LogP contribution is 2.13. The maximum absolute atomic E-state index is 4.14. The van der Waals surface area contributed by atoms with Crippen LogP contribution in [0, 0.1) is 13.8 Å². The van der Waals surface area contributed by atoms with Crippen LogP contribution in [0.2, 0.25) is 0 Å². The molecule has 0 aliphatic heterocycles. The van der Waals surface area contributed by atoms with Gasteiger partial charge in [0.1, 0.15) is 0 Å². The highest BCUT2D eigenvalue weighted by atomic mass is 32.1. The third-order valence-corrected chi connectivity index (χ3v) is 3.65. The fourth-order valence-electron chi connectivity index (χ4n) is 1.58. The van der Waals surface area contributed by atoms with Gasteiger partial charge in [-0.2, -0.15) is 11.3 Å². The molecule has 84 valence electrons. The summed E-state index contributed by atoms with van der Waals surface area (Å²) in [6.07, 6.45) is 3.77. The van der Waals surface area contributed by atoms with Gasteiger partial charge in [-0.05, 0) is 52.9 Å². The molecule has 2 rings (SSSR count). The first-order valence-corrected chi connectivity index (χ1v) is 6.33. The summed E-state index contributed by atoms with van der Waals surface area (Å²) in [5.74, 6) is 0. The van der Waals surface area contributed by atoms with E-state index in [1.165, 1.54) is 22.3 Å². The highest BCUT2D eigenvalue weighted by Gasteiger charge is 2.00. The van der Waals surface area contributed by atoms with E-state index in [1.807, 2.05) is 18.5 Å². The van der Waals surface area contributed by atoms with Crippen molar-refractivity contribution in [3.8, 4) is 0 Å². The zero-order chi connectivity index (χ0) is 11.4. The van der Waals surface area contributed by atoms with Gasteiger partial charge in [-0.25, -0.2) is 0 Å². The summed E-state index contributed by atoms with van der Waals surface area (Å²) in [7, 11) is 0. The van der Waals surface area contributed by atoms with E-state index in [-0.39, 0.29) is 0 Å². The molecular formula is C13H16N2S. The Morgan fingerprint density at radius 2 is 1.94 bits per heavy atom. The van der Waals surface area contributed by atoms with Crippen molar-refractivity contribution < 1.29 is 0 Å². The lowest BCUT2D eigenvalue weighted by Crippen LogP contribution is -2.13. The minimum Gasteiger partial charge on any atom is -0.309 e. The summed E-state index contributed by atoms with van der Waals surface area (Å²) in [6.45, 7) is 6.09. The van der Waals surface area contributed by atoms with E-state index in [1.54, 1.807) is 11.3 Å². The average molecular weight is 232 g/mol. The van der Waals surface area contributed by atoms with Crippen molar-refractivity contribution in [1.29, 1.82) is 0 Å². The molecule has 0 saturated carbocycles. The molecule has 2 aromatic heterocycles. The van der Waals surface area contributed by atoms with Crippen LogP contribution in [-0.2, 0) is 13.1 Å². The van der Waals surface area contributed by atoms with E-state index in [4.69, 9.17) is 0 Å². The lowest BCUT2D eigenvalue weighted by Gasteiger charge is -2.06. The van der Waals surface area contributed by atoms with E-state index < -0.39 is 0 Å². The Hall–Kier alpha value is -1.19. The van der Waals surface area contributed by atoms with Gasteiger partial charge < -0.3 is 5.32 Å². The molecule has 0 aliphatic rings. The van der Waals surface area contributed by atoms with Crippen molar-refractivity contribution in [1.82, 2.24) is 10.3 Å². The molecule has 3 heteroatoms. The summed E-state index contributed by atoms with van der Waals surface area (Å²) in [6, 6.07) is 2.05. The normalized spacial score (nSPS) is 10.6. The Bertz CT molecular complexity index is 462. The number of nitrogens with zero attached hydrogens (tertiary/aromatic N) is 1. The van der Waals surface area contributed by atoms with E-state index in [9.17, 15) is 0 Å². The predicted octanol–water partition coefficient (Wildman–Crippen LogP) is 3.05. The minimum absolute atomic E-state index is 0.884. The van der Waals surface area contributed by atoms with Crippen molar-refractivity contribution in [3.63, 3.8) is 0 Å². The lowest BCUT2D eigenvalue weighted by atomic mass is 10.1. The Labute approximate surface area is 100 Å². The van der Waals surface area contributed by atoms with Crippen molar-refractivity contribution in [2.45, 2.75) is 26.9 Å². The molecule has 0 amide bonds. The predicted molar refractivity (Wildman–Crippen MR) is 68.6 cm³/mol. The number of hydrogen-bond donors (Lipinski definition) is 1. The van der Waals surface area contributed by atoms with E-state index >= 15 is 0 Å². The molecule has 0 aliphatic carbocycles. The molecule has 0 atom stereocenters. The molecule has 1 N–H and O–H groups in total. The van der Waals surface area contributed by atoms with Gasteiger partial charge in [-0.1, -0.05) is 0 Å². The zero-order valence-electron chi connectivity index (χ0n) is 9.66. The molecule has 0 spiro atoms. The van der Waals surface area contributed by atoms with Gasteiger partial charge in [-0.15, -0.1) is 0 Å². The molecular weight excluding hydrogens is 216 g/mol. The van der Waals surface area contributed by atoms with Crippen LogP contribution >= 0.6 is 11.3 Å². The third kappa shape index (κ3) is 2.68. The van der Waals surface area contributed by atoms with Crippen LogP contribution in [0.25, 0.3) is 0 Å². The van der Waals surface area contributed by atoms with Gasteiger partial charge in [0.25, 0.3) is 0 Å². The fraction of sp³-hybridized carbons (Fsp3) is 0.308. The number of aryl methyl sites for hydroxylation is 2. The van der Waals surface area contributed by atoms with Crippen molar-refractivity contribution >= 4 is 11.3 Å². The standard InChI is InChI=1S/C13H16N2S/c1-10-3-4-14-5-12(10)6-15-7-13-9-16-8-11(13)2/h3-5,8-9,15H,6-7H2,1-2H3. The second-order valence-electron chi connectivity index (χ2n) is 3.99. The maximum Gasteiger partial charge on any atom is 0.0315 e. The van der Waals surface area contributed by atoms with Gasteiger partial charge in [0.15, 0.2) is 0 Å². The van der Waals surface area contributed by atoms with Gasteiger partial charge >= 0.3 is 0 Å². The number of hydrogen-bond acceptors (Lipinski definition) is 3. The molecule has 0 fully saturated rings. The smallest absolute Gasteiger partial charge is 0.0315 e. The summed E-state index contributed by atoms with van der Waals surface area (Å²) in [4.78, 5) is 4.14. The van der Waals surface area contributed by atoms with Crippen LogP contribution in [-0.4, -0.2) is 4.98 Å². The quantitative estimate of drug-likeness (QED) is 0.876. The second-order valence-corrected chi connectivity index (χ2v) is 4.73. The molecule has 2 aromatic rings.